The van der Waals surface area contributed by atoms with E-state index in [2.05, 4.69) is 32.2 Å². The van der Waals surface area contributed by atoms with E-state index >= 15 is 0 Å². The Labute approximate surface area is 164 Å². The van der Waals surface area contributed by atoms with Gasteiger partial charge in [-0.1, -0.05) is 28.9 Å². The summed E-state index contributed by atoms with van der Waals surface area (Å²) in [6.45, 7) is 0.188. The highest BCUT2D eigenvalue weighted by Gasteiger charge is 2.34. The number of imidazole rings is 1. The van der Waals surface area contributed by atoms with E-state index in [1.54, 1.807) is 17.9 Å². The molecule has 0 unspecified atom stereocenters. The Morgan fingerprint density at radius 2 is 1.89 bits per heavy atom. The van der Waals surface area contributed by atoms with Crippen molar-refractivity contribution < 1.29 is 4.52 Å². The molecule has 0 spiro atoms. The molecule has 1 aliphatic carbocycles. The van der Waals surface area contributed by atoms with Gasteiger partial charge in [0.25, 0.3) is 5.56 Å². The van der Waals surface area contributed by atoms with Crippen LogP contribution < -0.4 is 5.56 Å². The molecule has 28 heavy (non-hydrogen) atoms. The smallest absolute Gasteiger partial charge is 0.280 e. The molecule has 0 atom stereocenters. The number of nitrogens with zero attached hydrogens (tertiary/aromatic N) is 6. The van der Waals surface area contributed by atoms with Crippen molar-refractivity contribution in [3.05, 3.63) is 69.6 Å². The lowest BCUT2D eigenvalue weighted by Gasteiger charge is -2.33. The highest BCUT2D eigenvalue weighted by atomic mass is 35.5. The van der Waals surface area contributed by atoms with Crippen LogP contribution in [0.5, 0.6) is 0 Å². The average Bonchev–Trinajstić information content (AvgIpc) is 3.25. The number of rotatable bonds is 4. The molecule has 8 nitrogen and oxygen atoms in total. The first-order valence-electron chi connectivity index (χ1n) is 9.03. The monoisotopic (exact) mass is 396 g/mol. The second-order valence-corrected chi connectivity index (χ2v) is 7.60. The predicted octanol–water partition coefficient (Wildman–Crippen LogP) is 2.88. The summed E-state index contributed by atoms with van der Waals surface area (Å²) in [5.74, 6) is 1.86. The summed E-state index contributed by atoms with van der Waals surface area (Å²) in [5, 5.41) is 4.86. The third-order valence-electron chi connectivity index (χ3n) is 5.33. The second kappa shape index (κ2) is 6.56. The molecule has 1 saturated carbocycles. The molecule has 0 radical (unpaired) electrons. The maximum Gasteiger partial charge on any atom is 0.280 e. The standard InChI is InChI=1S/C19H17ClN6O2/c1-25-9-21-18-16(25)19(27)26(10-22-18)8-15-23-17(24-28-15)13-6-12(7-13)11-2-4-14(20)5-3-11/h2-5,9-10,12-13H,6-8H2,1H3. The number of fused-ring (bicyclic) bond motifs is 1. The molecule has 0 saturated heterocycles. The molecule has 142 valence electrons. The molecule has 4 aromatic rings. The van der Waals surface area contributed by atoms with Crippen molar-refractivity contribution in [1.82, 2.24) is 29.2 Å². The number of hydrogen-bond acceptors (Lipinski definition) is 6. The van der Waals surface area contributed by atoms with Crippen LogP contribution in [0.25, 0.3) is 11.2 Å². The van der Waals surface area contributed by atoms with Crippen LogP contribution in [0.2, 0.25) is 5.02 Å². The molecule has 1 fully saturated rings. The molecule has 0 bridgehead atoms. The highest BCUT2D eigenvalue weighted by Crippen LogP contribution is 2.46. The maximum absolute atomic E-state index is 12.6. The summed E-state index contributed by atoms with van der Waals surface area (Å²) in [7, 11) is 1.77. The average molecular weight is 397 g/mol. The van der Waals surface area contributed by atoms with Crippen molar-refractivity contribution in [1.29, 1.82) is 0 Å². The van der Waals surface area contributed by atoms with Crippen LogP contribution in [0.1, 0.15) is 42.0 Å². The highest BCUT2D eigenvalue weighted by molar-refractivity contribution is 6.30. The molecule has 3 aromatic heterocycles. The van der Waals surface area contributed by atoms with Gasteiger partial charge >= 0.3 is 0 Å². The van der Waals surface area contributed by atoms with E-state index < -0.39 is 0 Å². The molecule has 0 aliphatic heterocycles. The minimum Gasteiger partial charge on any atom is -0.337 e. The summed E-state index contributed by atoms with van der Waals surface area (Å²) < 4.78 is 8.49. The van der Waals surface area contributed by atoms with Gasteiger partial charge in [0.05, 0.1) is 6.33 Å². The lowest BCUT2D eigenvalue weighted by molar-refractivity contribution is 0.315. The van der Waals surface area contributed by atoms with Crippen molar-refractivity contribution in [2.45, 2.75) is 31.2 Å². The summed E-state index contributed by atoms with van der Waals surface area (Å²) in [6, 6.07) is 7.97. The molecule has 1 aromatic carbocycles. The van der Waals surface area contributed by atoms with E-state index in [9.17, 15) is 4.79 Å². The number of aryl methyl sites for hydroxylation is 1. The van der Waals surface area contributed by atoms with Crippen LogP contribution >= 0.6 is 11.6 Å². The third-order valence-corrected chi connectivity index (χ3v) is 5.59. The summed E-state index contributed by atoms with van der Waals surface area (Å²) in [5.41, 5.74) is 1.98. The second-order valence-electron chi connectivity index (χ2n) is 7.17. The van der Waals surface area contributed by atoms with E-state index in [1.807, 2.05) is 12.1 Å². The number of halogens is 1. The minimum atomic E-state index is -0.184. The normalized spacial score (nSPS) is 19.1. The van der Waals surface area contributed by atoms with Crippen molar-refractivity contribution in [2.75, 3.05) is 0 Å². The van der Waals surface area contributed by atoms with Crippen LogP contribution in [0.4, 0.5) is 0 Å². The van der Waals surface area contributed by atoms with Gasteiger partial charge in [0.1, 0.15) is 12.9 Å². The first-order valence-corrected chi connectivity index (χ1v) is 9.40. The third kappa shape index (κ3) is 2.90. The zero-order chi connectivity index (χ0) is 19.3. The Balaban J connectivity index is 1.30. The van der Waals surface area contributed by atoms with Crippen LogP contribution in [0, 0.1) is 0 Å². The molecule has 0 N–H and O–H groups in total. The quantitative estimate of drug-likeness (QED) is 0.526. The van der Waals surface area contributed by atoms with Gasteiger partial charge in [-0.25, -0.2) is 9.97 Å². The van der Waals surface area contributed by atoms with Crippen molar-refractivity contribution in [3.8, 4) is 0 Å². The Morgan fingerprint density at radius 3 is 2.68 bits per heavy atom. The first-order chi connectivity index (χ1) is 13.6. The van der Waals surface area contributed by atoms with Gasteiger partial charge in [-0.3, -0.25) is 9.36 Å². The van der Waals surface area contributed by atoms with Crippen molar-refractivity contribution in [2.24, 2.45) is 7.05 Å². The number of hydrogen-bond donors (Lipinski definition) is 0. The van der Waals surface area contributed by atoms with E-state index in [4.69, 9.17) is 16.1 Å². The van der Waals surface area contributed by atoms with Gasteiger partial charge in [0, 0.05) is 18.0 Å². The minimum absolute atomic E-state index is 0.184. The Morgan fingerprint density at radius 1 is 1.14 bits per heavy atom. The fraction of sp³-hybridized carbons (Fsp3) is 0.316. The number of aromatic nitrogens is 6. The van der Waals surface area contributed by atoms with Crippen molar-refractivity contribution in [3.63, 3.8) is 0 Å². The van der Waals surface area contributed by atoms with Crippen LogP contribution in [-0.2, 0) is 13.6 Å². The van der Waals surface area contributed by atoms with Crippen molar-refractivity contribution >= 4 is 22.8 Å². The van der Waals surface area contributed by atoms with Gasteiger partial charge in [-0.2, -0.15) is 4.98 Å². The zero-order valence-corrected chi connectivity index (χ0v) is 15.9. The molecule has 0 amide bonds. The molecular weight excluding hydrogens is 380 g/mol. The van der Waals surface area contributed by atoms with Gasteiger partial charge < -0.3 is 9.09 Å². The Bertz CT molecular complexity index is 1200. The molecule has 5 rings (SSSR count). The van der Waals surface area contributed by atoms with E-state index in [0.29, 0.717) is 28.8 Å². The lowest BCUT2D eigenvalue weighted by atomic mass is 9.71. The zero-order valence-electron chi connectivity index (χ0n) is 15.1. The lowest BCUT2D eigenvalue weighted by Crippen LogP contribution is -2.23. The van der Waals surface area contributed by atoms with E-state index in [1.165, 1.54) is 16.5 Å². The van der Waals surface area contributed by atoms with Crippen LogP contribution in [0.3, 0.4) is 0 Å². The Kier molecular flexibility index (Phi) is 4.01. The molecule has 1 aliphatic rings. The van der Waals surface area contributed by atoms with Crippen LogP contribution in [0.15, 0.2) is 46.2 Å². The van der Waals surface area contributed by atoms with Gasteiger partial charge in [0.2, 0.25) is 5.89 Å². The van der Waals surface area contributed by atoms with Gasteiger partial charge in [-0.05, 0) is 36.5 Å². The van der Waals surface area contributed by atoms with Gasteiger partial charge in [-0.15, -0.1) is 0 Å². The fourth-order valence-electron chi connectivity index (χ4n) is 3.66. The fourth-order valence-corrected chi connectivity index (χ4v) is 3.79. The van der Waals surface area contributed by atoms with Gasteiger partial charge in [0.15, 0.2) is 17.0 Å². The summed E-state index contributed by atoms with van der Waals surface area (Å²) in [4.78, 5) is 25.4. The summed E-state index contributed by atoms with van der Waals surface area (Å²) in [6.07, 6.45) is 4.98. The molecular formula is C19H17ClN6O2. The van der Waals surface area contributed by atoms with Crippen LogP contribution in [-0.4, -0.2) is 29.2 Å². The topological polar surface area (TPSA) is 91.6 Å². The summed E-state index contributed by atoms with van der Waals surface area (Å²) >= 11 is 5.95. The first kappa shape index (κ1) is 17.1. The SMILES string of the molecule is Cn1cnc2ncn(Cc3nc(C4CC(c5ccc(Cl)cc5)C4)no3)c(=O)c21. The number of benzene rings is 1. The predicted molar refractivity (Wildman–Crippen MR) is 102 cm³/mol. The molecule has 3 heterocycles. The Hall–Kier alpha value is -3.00. The maximum atomic E-state index is 12.6. The molecule has 9 heteroatoms. The largest absolute Gasteiger partial charge is 0.337 e. The van der Waals surface area contributed by atoms with E-state index in [-0.39, 0.29) is 18.0 Å². The van der Waals surface area contributed by atoms with E-state index in [0.717, 1.165) is 17.9 Å².